The number of hydrogen-bond donors (Lipinski definition) is 1. The molecular formula is C37H32ClN3O4S. The first-order valence-electron chi connectivity index (χ1n) is 14.8. The molecule has 9 heteroatoms. The SMILES string of the molecule is Cc1cc2nc(-c3ccnc(-c4ccc(OCc5ccccc5)nc4)c3)sc2c(-c2ccc(Cl)cc2)c1C(OC(C)(C)C)C(=O)O. The summed E-state index contributed by atoms with van der Waals surface area (Å²) in [6.07, 6.45) is 2.32. The number of carbonyl (C=O) groups is 1. The summed E-state index contributed by atoms with van der Waals surface area (Å²) >= 11 is 7.74. The van der Waals surface area contributed by atoms with Crippen LogP contribution in [0.4, 0.5) is 0 Å². The van der Waals surface area contributed by atoms with E-state index >= 15 is 0 Å². The Morgan fingerprint density at radius 2 is 1.67 bits per heavy atom. The fourth-order valence-electron chi connectivity index (χ4n) is 5.23. The van der Waals surface area contributed by atoms with Crippen LogP contribution in [0.25, 0.3) is 43.2 Å². The Balaban J connectivity index is 1.39. The van der Waals surface area contributed by atoms with Gasteiger partial charge in [-0.05, 0) is 80.8 Å². The van der Waals surface area contributed by atoms with Gasteiger partial charge in [0.1, 0.15) is 11.6 Å². The number of rotatable bonds is 9. The van der Waals surface area contributed by atoms with Crippen molar-refractivity contribution in [2.45, 2.75) is 46.0 Å². The number of benzene rings is 3. The molecule has 46 heavy (non-hydrogen) atoms. The number of ether oxygens (including phenoxy) is 2. The molecule has 0 saturated heterocycles. The van der Waals surface area contributed by atoms with Gasteiger partial charge in [-0.2, -0.15) is 0 Å². The fraction of sp³-hybridized carbons (Fsp3) is 0.189. The number of nitrogens with zero attached hydrogens (tertiary/aromatic N) is 3. The lowest BCUT2D eigenvalue weighted by atomic mass is 9.91. The minimum atomic E-state index is -1.18. The highest BCUT2D eigenvalue weighted by atomic mass is 35.5. The van der Waals surface area contributed by atoms with Crippen molar-refractivity contribution in [2.75, 3.05) is 0 Å². The third-order valence-corrected chi connectivity index (χ3v) is 8.68. The van der Waals surface area contributed by atoms with Crippen molar-refractivity contribution < 1.29 is 19.4 Å². The third kappa shape index (κ3) is 6.94. The molecule has 0 amide bonds. The summed E-state index contributed by atoms with van der Waals surface area (Å²) in [5.41, 5.74) is 6.63. The maximum Gasteiger partial charge on any atom is 0.337 e. The fourth-order valence-corrected chi connectivity index (χ4v) is 6.48. The summed E-state index contributed by atoms with van der Waals surface area (Å²) < 4.78 is 12.8. The highest BCUT2D eigenvalue weighted by Crippen LogP contribution is 2.44. The van der Waals surface area contributed by atoms with E-state index in [1.807, 2.05) is 100 Å². The Kier molecular flexibility index (Phi) is 8.86. The maximum absolute atomic E-state index is 12.6. The van der Waals surface area contributed by atoms with Gasteiger partial charge in [-0.1, -0.05) is 54.1 Å². The van der Waals surface area contributed by atoms with Crippen molar-refractivity contribution in [3.8, 4) is 38.8 Å². The number of aliphatic carboxylic acids is 1. The molecule has 0 radical (unpaired) electrons. The Morgan fingerprint density at radius 3 is 2.35 bits per heavy atom. The molecule has 0 spiro atoms. The first-order chi connectivity index (χ1) is 22.1. The summed E-state index contributed by atoms with van der Waals surface area (Å²) in [5.74, 6) is -0.521. The van der Waals surface area contributed by atoms with E-state index in [1.54, 1.807) is 24.5 Å². The molecule has 3 aromatic heterocycles. The summed E-state index contributed by atoms with van der Waals surface area (Å²) in [6.45, 7) is 7.90. The summed E-state index contributed by atoms with van der Waals surface area (Å²) in [7, 11) is 0. The number of carboxylic acid groups (broad SMARTS) is 1. The topological polar surface area (TPSA) is 94.4 Å². The Bertz CT molecular complexity index is 2000. The minimum Gasteiger partial charge on any atom is -0.479 e. The largest absolute Gasteiger partial charge is 0.479 e. The van der Waals surface area contributed by atoms with Crippen molar-refractivity contribution in [1.29, 1.82) is 0 Å². The highest BCUT2D eigenvalue weighted by molar-refractivity contribution is 7.22. The summed E-state index contributed by atoms with van der Waals surface area (Å²) in [4.78, 5) is 26.7. The molecule has 0 bridgehead atoms. The van der Waals surface area contributed by atoms with Crippen molar-refractivity contribution >= 4 is 39.1 Å². The number of fused-ring (bicyclic) bond motifs is 1. The van der Waals surface area contributed by atoms with Crippen LogP contribution in [0.15, 0.2) is 97.3 Å². The number of halogens is 1. The number of carboxylic acids is 1. The smallest absolute Gasteiger partial charge is 0.337 e. The lowest BCUT2D eigenvalue weighted by molar-refractivity contribution is -0.160. The second-order valence-electron chi connectivity index (χ2n) is 11.9. The maximum atomic E-state index is 12.6. The minimum absolute atomic E-state index is 0.438. The predicted molar refractivity (Wildman–Crippen MR) is 183 cm³/mol. The molecule has 0 aliphatic rings. The number of thiazole rings is 1. The van der Waals surface area contributed by atoms with Crippen LogP contribution in [0.1, 0.15) is 43.6 Å². The Morgan fingerprint density at radius 1 is 0.935 bits per heavy atom. The van der Waals surface area contributed by atoms with Crippen LogP contribution < -0.4 is 4.74 Å². The molecule has 0 saturated carbocycles. The number of aryl methyl sites for hydroxylation is 1. The van der Waals surface area contributed by atoms with Crippen LogP contribution in [0, 0.1) is 6.92 Å². The molecule has 0 aliphatic carbocycles. The van der Waals surface area contributed by atoms with E-state index in [1.165, 1.54) is 11.3 Å². The van der Waals surface area contributed by atoms with Crippen molar-refractivity contribution in [1.82, 2.24) is 15.0 Å². The van der Waals surface area contributed by atoms with Gasteiger partial charge < -0.3 is 14.6 Å². The molecular weight excluding hydrogens is 618 g/mol. The third-order valence-electron chi connectivity index (χ3n) is 7.29. The zero-order chi connectivity index (χ0) is 32.4. The zero-order valence-electron chi connectivity index (χ0n) is 25.8. The summed E-state index contributed by atoms with van der Waals surface area (Å²) in [5, 5.41) is 11.7. The first-order valence-corrected chi connectivity index (χ1v) is 16.0. The molecule has 6 aromatic rings. The monoisotopic (exact) mass is 649 g/mol. The average molecular weight is 650 g/mol. The molecule has 7 nitrogen and oxygen atoms in total. The van der Waals surface area contributed by atoms with E-state index in [0.717, 1.165) is 54.3 Å². The number of hydrogen-bond acceptors (Lipinski definition) is 7. The predicted octanol–water partition coefficient (Wildman–Crippen LogP) is 9.57. The quantitative estimate of drug-likeness (QED) is 0.167. The molecule has 232 valence electrons. The van der Waals surface area contributed by atoms with E-state index in [9.17, 15) is 9.90 Å². The van der Waals surface area contributed by atoms with E-state index in [0.29, 0.717) is 23.1 Å². The molecule has 1 N–H and O–H groups in total. The van der Waals surface area contributed by atoms with Crippen LogP contribution >= 0.6 is 22.9 Å². The van der Waals surface area contributed by atoms with Crippen molar-refractivity contribution in [3.63, 3.8) is 0 Å². The van der Waals surface area contributed by atoms with Crippen LogP contribution in [-0.2, 0) is 16.1 Å². The van der Waals surface area contributed by atoms with E-state index in [-0.39, 0.29) is 0 Å². The van der Waals surface area contributed by atoms with Gasteiger partial charge in [0.05, 0.1) is 21.5 Å². The average Bonchev–Trinajstić information content (AvgIpc) is 3.47. The lowest BCUT2D eigenvalue weighted by Gasteiger charge is -2.28. The number of aromatic nitrogens is 3. The van der Waals surface area contributed by atoms with Gasteiger partial charge in [0, 0.05) is 45.7 Å². The Labute approximate surface area is 276 Å². The molecule has 1 unspecified atom stereocenters. The number of pyridine rings is 2. The molecule has 6 rings (SSSR count). The highest BCUT2D eigenvalue weighted by Gasteiger charge is 2.32. The van der Waals surface area contributed by atoms with Gasteiger partial charge in [0.2, 0.25) is 5.88 Å². The van der Waals surface area contributed by atoms with E-state index in [2.05, 4.69) is 9.97 Å². The van der Waals surface area contributed by atoms with Gasteiger partial charge >= 0.3 is 5.97 Å². The summed E-state index contributed by atoms with van der Waals surface area (Å²) in [6, 6.07) is 27.0. The lowest BCUT2D eigenvalue weighted by Crippen LogP contribution is -2.28. The second-order valence-corrected chi connectivity index (χ2v) is 13.3. The van der Waals surface area contributed by atoms with E-state index < -0.39 is 17.7 Å². The molecule has 0 aliphatic heterocycles. The van der Waals surface area contributed by atoms with Crippen LogP contribution in [-0.4, -0.2) is 31.6 Å². The van der Waals surface area contributed by atoms with Gasteiger partial charge in [-0.3, -0.25) is 4.98 Å². The standard InChI is InChI=1S/C37H32ClN3O4S/c1-22-18-29-34(32(24-10-13-27(38)14-11-24)31(22)33(36(42)43)45-37(2,3)4)46-35(41-29)25-16-17-39-28(19-25)26-12-15-30(40-20-26)44-21-23-8-6-5-7-9-23/h5-20,33H,21H2,1-4H3,(H,42,43). The first kappa shape index (κ1) is 31.4. The van der Waals surface area contributed by atoms with Crippen LogP contribution in [0.5, 0.6) is 5.88 Å². The van der Waals surface area contributed by atoms with Gasteiger partial charge in [0.25, 0.3) is 0 Å². The molecule has 3 heterocycles. The van der Waals surface area contributed by atoms with E-state index in [4.69, 9.17) is 26.1 Å². The van der Waals surface area contributed by atoms with Gasteiger partial charge in [-0.25, -0.2) is 14.8 Å². The van der Waals surface area contributed by atoms with Crippen LogP contribution in [0.3, 0.4) is 0 Å². The van der Waals surface area contributed by atoms with Gasteiger partial charge in [0.15, 0.2) is 6.10 Å². The van der Waals surface area contributed by atoms with Crippen LogP contribution in [0.2, 0.25) is 5.02 Å². The van der Waals surface area contributed by atoms with Crippen molar-refractivity contribution in [2.24, 2.45) is 0 Å². The Hall–Kier alpha value is -4.63. The molecule has 1 atom stereocenters. The normalized spacial score (nSPS) is 12.3. The van der Waals surface area contributed by atoms with Gasteiger partial charge in [-0.15, -0.1) is 11.3 Å². The zero-order valence-corrected chi connectivity index (χ0v) is 27.4. The van der Waals surface area contributed by atoms with Crippen molar-refractivity contribution in [3.05, 3.63) is 119 Å². The molecule has 3 aromatic carbocycles. The second kappa shape index (κ2) is 13.0. The molecule has 0 fully saturated rings.